The molecule has 1 amide bonds. The molecule has 0 radical (unpaired) electrons. The van der Waals surface area contributed by atoms with Gasteiger partial charge in [-0.2, -0.15) is 0 Å². The Bertz CT molecular complexity index is 682. The lowest BCUT2D eigenvalue weighted by Gasteiger charge is -2.30. The van der Waals surface area contributed by atoms with Gasteiger partial charge >= 0.3 is 0 Å². The second-order valence-electron chi connectivity index (χ2n) is 5.78. The van der Waals surface area contributed by atoms with Crippen LogP contribution in [-0.2, 0) is 17.8 Å². The van der Waals surface area contributed by atoms with E-state index in [0.717, 1.165) is 19.5 Å². The lowest BCUT2D eigenvalue weighted by molar-refractivity contribution is -0.115. The molecule has 1 aromatic carbocycles. The van der Waals surface area contributed by atoms with Crippen molar-refractivity contribution in [3.63, 3.8) is 0 Å². The summed E-state index contributed by atoms with van der Waals surface area (Å²) in [6.45, 7) is 9.29. The van der Waals surface area contributed by atoms with Crippen LogP contribution in [-0.4, -0.2) is 53.6 Å². The molecular formula is C19H24N4O2. The Labute approximate surface area is 148 Å². The van der Waals surface area contributed by atoms with Crippen molar-refractivity contribution >= 4 is 17.8 Å². The molecule has 1 aliphatic rings. The van der Waals surface area contributed by atoms with Crippen LogP contribution in [0.4, 0.5) is 0 Å². The van der Waals surface area contributed by atoms with Crippen LogP contribution >= 0.6 is 0 Å². The molecule has 0 bridgehead atoms. The summed E-state index contributed by atoms with van der Waals surface area (Å²) >= 11 is 0. The Kier molecular flexibility index (Phi) is 7.25. The van der Waals surface area contributed by atoms with Crippen LogP contribution in [0, 0.1) is 0 Å². The van der Waals surface area contributed by atoms with Crippen LogP contribution < -0.4 is 5.32 Å². The van der Waals surface area contributed by atoms with Gasteiger partial charge in [0, 0.05) is 38.6 Å². The van der Waals surface area contributed by atoms with E-state index in [1.54, 1.807) is 0 Å². The third-order valence-corrected chi connectivity index (χ3v) is 3.94. The molecule has 0 saturated carbocycles. The summed E-state index contributed by atoms with van der Waals surface area (Å²) in [5.74, 6) is -0.409. The zero-order chi connectivity index (χ0) is 18.1. The number of fused-ring (bicyclic) bond motifs is 1. The summed E-state index contributed by atoms with van der Waals surface area (Å²) in [5, 5.41) is 12.9. The number of nitrogens with one attached hydrogen (secondary N) is 1. The van der Waals surface area contributed by atoms with Gasteiger partial charge in [0.15, 0.2) is 0 Å². The van der Waals surface area contributed by atoms with E-state index < -0.39 is 12.0 Å². The van der Waals surface area contributed by atoms with E-state index in [-0.39, 0.29) is 12.3 Å². The van der Waals surface area contributed by atoms with E-state index in [2.05, 4.69) is 51.6 Å². The zero-order valence-corrected chi connectivity index (χ0v) is 14.3. The molecule has 2 rings (SSSR count). The van der Waals surface area contributed by atoms with Crippen molar-refractivity contribution in [2.24, 2.45) is 9.98 Å². The summed E-state index contributed by atoms with van der Waals surface area (Å²) < 4.78 is 0. The number of hydrogen-bond acceptors (Lipinski definition) is 5. The van der Waals surface area contributed by atoms with E-state index in [9.17, 15) is 9.90 Å². The van der Waals surface area contributed by atoms with Gasteiger partial charge in [0.2, 0.25) is 0 Å². The second-order valence-corrected chi connectivity index (χ2v) is 5.78. The smallest absolute Gasteiger partial charge is 0.271 e. The number of aliphatic hydroxyl groups is 1. The summed E-state index contributed by atoms with van der Waals surface area (Å²) in [5.41, 5.74) is 2.79. The number of aliphatic hydroxyl groups excluding tert-OH is 1. The highest BCUT2D eigenvalue weighted by molar-refractivity contribution is 6.60. The molecule has 6 nitrogen and oxygen atoms in total. The standard InChI is InChI=1S/C19H24N4O2/c1-3-20-12-18(21-4-2)19(25)22-11-17(24)14-23-10-9-15-7-5-6-8-16(15)13-23/h3-8,12,17,24H,1-2,9-11,13-14H2,(H,22,25)/b20-12-,21-18+/t17-/m0/s1. The van der Waals surface area contributed by atoms with Gasteiger partial charge in [-0.05, 0) is 17.5 Å². The molecule has 0 aromatic heterocycles. The van der Waals surface area contributed by atoms with Gasteiger partial charge in [-0.1, -0.05) is 37.4 Å². The van der Waals surface area contributed by atoms with Crippen molar-refractivity contribution < 1.29 is 9.90 Å². The molecule has 0 saturated heterocycles. The maximum atomic E-state index is 12.1. The molecule has 1 heterocycles. The molecule has 0 spiro atoms. The average molecular weight is 340 g/mol. The fraction of sp³-hybridized carbons (Fsp3) is 0.316. The number of aliphatic imine (C=N–C) groups is 2. The molecule has 2 N–H and O–H groups in total. The van der Waals surface area contributed by atoms with Crippen LogP contribution in [0.15, 0.2) is 59.8 Å². The Morgan fingerprint density at radius 2 is 2.08 bits per heavy atom. The fourth-order valence-corrected chi connectivity index (χ4v) is 2.75. The van der Waals surface area contributed by atoms with Crippen LogP contribution in [0.5, 0.6) is 0 Å². The normalized spacial score (nSPS) is 16.3. The van der Waals surface area contributed by atoms with E-state index >= 15 is 0 Å². The fourth-order valence-electron chi connectivity index (χ4n) is 2.75. The molecule has 132 valence electrons. The topological polar surface area (TPSA) is 77.3 Å². The molecule has 0 aliphatic carbocycles. The highest BCUT2D eigenvalue weighted by atomic mass is 16.3. The lowest BCUT2D eigenvalue weighted by Crippen LogP contribution is -2.43. The minimum absolute atomic E-state index is 0.119. The Morgan fingerprint density at radius 3 is 2.80 bits per heavy atom. The van der Waals surface area contributed by atoms with Gasteiger partial charge in [0.1, 0.15) is 5.71 Å². The third kappa shape index (κ3) is 5.77. The van der Waals surface area contributed by atoms with Crippen LogP contribution in [0.2, 0.25) is 0 Å². The first kappa shape index (κ1) is 18.8. The van der Waals surface area contributed by atoms with Crippen molar-refractivity contribution in [3.05, 3.63) is 61.0 Å². The quantitative estimate of drug-likeness (QED) is 0.701. The van der Waals surface area contributed by atoms with E-state index in [0.29, 0.717) is 6.54 Å². The van der Waals surface area contributed by atoms with Crippen molar-refractivity contribution in [2.45, 2.75) is 19.1 Å². The van der Waals surface area contributed by atoms with Crippen LogP contribution in [0.3, 0.4) is 0 Å². The highest BCUT2D eigenvalue weighted by Gasteiger charge is 2.19. The first-order valence-electron chi connectivity index (χ1n) is 8.22. The van der Waals surface area contributed by atoms with E-state index in [1.165, 1.54) is 29.7 Å². The van der Waals surface area contributed by atoms with Crippen molar-refractivity contribution in [1.82, 2.24) is 10.2 Å². The van der Waals surface area contributed by atoms with Gasteiger partial charge in [-0.25, -0.2) is 0 Å². The van der Waals surface area contributed by atoms with Gasteiger partial charge in [-0.3, -0.25) is 19.7 Å². The summed E-state index contributed by atoms with van der Waals surface area (Å²) in [6, 6.07) is 8.35. The summed E-state index contributed by atoms with van der Waals surface area (Å²) in [6.07, 6.45) is 4.21. The molecular weight excluding hydrogens is 316 g/mol. The van der Waals surface area contributed by atoms with Gasteiger partial charge < -0.3 is 10.4 Å². The van der Waals surface area contributed by atoms with Crippen molar-refractivity contribution in [2.75, 3.05) is 19.6 Å². The van der Waals surface area contributed by atoms with Crippen molar-refractivity contribution in [3.8, 4) is 0 Å². The second kappa shape index (κ2) is 9.66. The predicted molar refractivity (Wildman–Crippen MR) is 101 cm³/mol. The Hall–Kier alpha value is -2.57. The first-order valence-corrected chi connectivity index (χ1v) is 8.22. The van der Waals surface area contributed by atoms with Gasteiger partial charge in [0.25, 0.3) is 5.91 Å². The maximum Gasteiger partial charge on any atom is 0.271 e. The van der Waals surface area contributed by atoms with Crippen LogP contribution in [0.25, 0.3) is 0 Å². The average Bonchev–Trinajstić information content (AvgIpc) is 2.63. The van der Waals surface area contributed by atoms with E-state index in [1.807, 2.05) is 6.07 Å². The first-order chi connectivity index (χ1) is 12.1. The SMILES string of the molecule is C=C/N=C\C(=N/C=C)C(=O)NC[C@H](O)CN1CCc2ccccc2C1. The van der Waals surface area contributed by atoms with E-state index in [4.69, 9.17) is 0 Å². The number of amides is 1. The number of benzene rings is 1. The largest absolute Gasteiger partial charge is 0.390 e. The van der Waals surface area contributed by atoms with Crippen molar-refractivity contribution in [1.29, 1.82) is 0 Å². The Balaban J connectivity index is 1.82. The third-order valence-electron chi connectivity index (χ3n) is 3.94. The van der Waals surface area contributed by atoms with Gasteiger partial charge in [0.05, 0.1) is 12.3 Å². The number of hydrogen-bond donors (Lipinski definition) is 2. The van der Waals surface area contributed by atoms with Gasteiger partial charge in [-0.15, -0.1) is 0 Å². The molecule has 1 aromatic rings. The molecule has 0 unspecified atom stereocenters. The number of nitrogens with zero attached hydrogens (tertiary/aromatic N) is 3. The molecule has 0 fully saturated rings. The van der Waals surface area contributed by atoms with Crippen LogP contribution in [0.1, 0.15) is 11.1 Å². The molecule has 25 heavy (non-hydrogen) atoms. The number of carbonyl (C=O) groups is 1. The minimum Gasteiger partial charge on any atom is -0.390 e. The summed E-state index contributed by atoms with van der Waals surface area (Å²) in [7, 11) is 0. The number of rotatable bonds is 8. The predicted octanol–water partition coefficient (Wildman–Crippen LogP) is 1.32. The Morgan fingerprint density at radius 1 is 1.32 bits per heavy atom. The number of β-amino-alcohol motifs (C(OH)–C–C–N with tert-alkyl or cyclic N) is 1. The minimum atomic E-state index is -0.657. The molecule has 1 atom stereocenters. The monoisotopic (exact) mass is 340 g/mol. The lowest BCUT2D eigenvalue weighted by atomic mass is 10.00. The molecule has 1 aliphatic heterocycles. The maximum absolute atomic E-state index is 12.1. The molecule has 6 heteroatoms. The zero-order valence-electron chi connectivity index (χ0n) is 14.3. The summed E-state index contributed by atoms with van der Waals surface area (Å²) in [4.78, 5) is 21.9. The highest BCUT2D eigenvalue weighted by Crippen LogP contribution is 2.18. The number of carbonyl (C=O) groups excluding carboxylic acids is 1.